The van der Waals surface area contributed by atoms with E-state index in [0.717, 1.165) is 12.8 Å². The van der Waals surface area contributed by atoms with Crippen LogP contribution in [0.3, 0.4) is 0 Å². The van der Waals surface area contributed by atoms with Crippen LogP contribution in [-0.2, 0) is 10.0 Å². The maximum Gasteiger partial charge on any atom is 0.240 e. The number of fused-ring (bicyclic) bond motifs is 1. The van der Waals surface area contributed by atoms with Crippen LogP contribution in [0.4, 0.5) is 0 Å². The Morgan fingerprint density at radius 2 is 1.90 bits per heavy atom. The summed E-state index contributed by atoms with van der Waals surface area (Å²) in [6.07, 6.45) is 2.55. The fourth-order valence-electron chi connectivity index (χ4n) is 2.45. The molecule has 21 heavy (non-hydrogen) atoms. The Bertz CT molecular complexity index is 624. The zero-order chi connectivity index (χ0) is 14.9. The van der Waals surface area contributed by atoms with Gasteiger partial charge in [0.2, 0.25) is 10.0 Å². The molecule has 0 unspecified atom stereocenters. The molecule has 1 aliphatic carbocycles. The summed E-state index contributed by atoms with van der Waals surface area (Å²) in [5.41, 5.74) is -0.0599. The van der Waals surface area contributed by atoms with Crippen molar-refractivity contribution in [1.29, 1.82) is 0 Å². The van der Waals surface area contributed by atoms with Crippen LogP contribution in [0.1, 0.15) is 19.3 Å². The molecule has 0 bridgehead atoms. The smallest absolute Gasteiger partial charge is 0.240 e. The van der Waals surface area contributed by atoms with E-state index in [1.807, 2.05) is 0 Å². The first kappa shape index (κ1) is 14.6. The number of aliphatic hydroxyl groups excluding tert-OH is 1. The highest BCUT2D eigenvalue weighted by Crippen LogP contribution is 2.48. The fourth-order valence-corrected chi connectivity index (χ4v) is 3.62. The van der Waals surface area contributed by atoms with Crippen molar-refractivity contribution in [2.45, 2.75) is 24.2 Å². The van der Waals surface area contributed by atoms with Crippen molar-refractivity contribution >= 4 is 10.0 Å². The van der Waals surface area contributed by atoms with Crippen molar-refractivity contribution in [3.63, 3.8) is 0 Å². The molecule has 1 fully saturated rings. The molecule has 116 valence electrons. The average Bonchev–Trinajstić information content (AvgIpc) is 3.25. The van der Waals surface area contributed by atoms with Gasteiger partial charge in [-0.2, -0.15) is 0 Å². The van der Waals surface area contributed by atoms with Crippen LogP contribution in [0.15, 0.2) is 23.1 Å². The summed E-state index contributed by atoms with van der Waals surface area (Å²) in [6, 6.07) is 4.62. The Morgan fingerprint density at radius 3 is 2.57 bits per heavy atom. The van der Waals surface area contributed by atoms with Crippen LogP contribution in [0.2, 0.25) is 0 Å². The molecule has 0 atom stereocenters. The van der Waals surface area contributed by atoms with Crippen molar-refractivity contribution in [2.75, 3.05) is 26.4 Å². The number of hydrogen-bond acceptors (Lipinski definition) is 5. The predicted octanol–water partition coefficient (Wildman–Crippen LogP) is 0.899. The Hall–Kier alpha value is -1.31. The van der Waals surface area contributed by atoms with Crippen LogP contribution in [0.25, 0.3) is 0 Å². The molecule has 1 saturated carbocycles. The van der Waals surface area contributed by atoms with Gasteiger partial charge in [0.15, 0.2) is 11.5 Å². The molecule has 0 saturated heterocycles. The molecule has 0 spiro atoms. The molecule has 1 aliphatic heterocycles. The normalized spacial score (nSPS) is 19.3. The average molecular weight is 313 g/mol. The van der Waals surface area contributed by atoms with Gasteiger partial charge in [0.1, 0.15) is 13.2 Å². The van der Waals surface area contributed by atoms with Crippen molar-refractivity contribution < 1.29 is 23.0 Å². The van der Waals surface area contributed by atoms with Crippen LogP contribution >= 0.6 is 0 Å². The highest BCUT2D eigenvalue weighted by Gasteiger charge is 2.42. The lowest BCUT2D eigenvalue weighted by Gasteiger charge is -2.19. The second kappa shape index (κ2) is 5.47. The van der Waals surface area contributed by atoms with Gasteiger partial charge in [-0.05, 0) is 36.8 Å². The maximum absolute atomic E-state index is 12.3. The number of sulfonamides is 1. The van der Waals surface area contributed by atoms with E-state index in [9.17, 15) is 8.42 Å². The Kier molecular flexibility index (Phi) is 3.81. The first-order valence-electron chi connectivity index (χ1n) is 7.05. The highest BCUT2D eigenvalue weighted by molar-refractivity contribution is 7.89. The van der Waals surface area contributed by atoms with E-state index in [4.69, 9.17) is 14.6 Å². The second-order valence-electron chi connectivity index (χ2n) is 5.60. The van der Waals surface area contributed by atoms with E-state index in [1.54, 1.807) is 6.07 Å². The molecule has 1 aromatic rings. The summed E-state index contributed by atoms with van der Waals surface area (Å²) >= 11 is 0. The molecule has 6 nitrogen and oxygen atoms in total. The zero-order valence-corrected chi connectivity index (χ0v) is 12.5. The van der Waals surface area contributed by atoms with Crippen LogP contribution < -0.4 is 14.2 Å². The Balaban J connectivity index is 1.73. The molecule has 1 heterocycles. The molecule has 0 aromatic heterocycles. The van der Waals surface area contributed by atoms with Crippen LogP contribution in [-0.4, -0.2) is 39.9 Å². The van der Waals surface area contributed by atoms with E-state index in [2.05, 4.69) is 4.72 Å². The quantitative estimate of drug-likeness (QED) is 0.815. The van der Waals surface area contributed by atoms with Gasteiger partial charge in [-0.3, -0.25) is 0 Å². The lowest BCUT2D eigenvalue weighted by Crippen LogP contribution is -2.31. The Labute approximate surface area is 124 Å². The summed E-state index contributed by atoms with van der Waals surface area (Å²) in [4.78, 5) is 0.173. The number of rotatable bonds is 6. The van der Waals surface area contributed by atoms with Crippen molar-refractivity contribution in [3.8, 4) is 11.5 Å². The number of benzene rings is 1. The first-order valence-corrected chi connectivity index (χ1v) is 8.53. The summed E-state index contributed by atoms with van der Waals surface area (Å²) < 4.78 is 38.1. The van der Waals surface area contributed by atoms with Gasteiger partial charge in [-0.25, -0.2) is 13.1 Å². The second-order valence-corrected chi connectivity index (χ2v) is 7.37. The standard InChI is InChI=1S/C14H19NO5S/c16-6-5-14(3-4-14)10-15-21(17,18)11-1-2-12-13(9-11)20-8-7-19-12/h1-2,9,15-16H,3-8,10H2. The van der Waals surface area contributed by atoms with Gasteiger partial charge in [0, 0.05) is 19.2 Å². The van der Waals surface area contributed by atoms with Crippen molar-refractivity contribution in [2.24, 2.45) is 5.41 Å². The third-order valence-electron chi connectivity index (χ3n) is 4.06. The minimum atomic E-state index is -3.57. The number of nitrogens with one attached hydrogen (secondary N) is 1. The van der Waals surface area contributed by atoms with Gasteiger partial charge in [0.05, 0.1) is 4.90 Å². The molecule has 7 heteroatoms. The van der Waals surface area contributed by atoms with Gasteiger partial charge >= 0.3 is 0 Å². The lowest BCUT2D eigenvalue weighted by molar-refractivity contribution is 0.171. The molecule has 0 radical (unpaired) electrons. The molecule has 2 N–H and O–H groups in total. The lowest BCUT2D eigenvalue weighted by atomic mass is 10.0. The van der Waals surface area contributed by atoms with Gasteiger partial charge < -0.3 is 14.6 Å². The van der Waals surface area contributed by atoms with Gasteiger partial charge in [-0.15, -0.1) is 0 Å². The third-order valence-corrected chi connectivity index (χ3v) is 5.46. The SMILES string of the molecule is O=S(=O)(NCC1(CCO)CC1)c1ccc2c(c1)OCCO2. The maximum atomic E-state index is 12.3. The summed E-state index contributed by atoms with van der Waals surface area (Å²) in [5, 5.41) is 9.01. The topological polar surface area (TPSA) is 84.9 Å². The van der Waals surface area contributed by atoms with E-state index in [0.29, 0.717) is 37.7 Å². The summed E-state index contributed by atoms with van der Waals surface area (Å²) in [5.74, 6) is 1.03. The molecule has 3 rings (SSSR count). The predicted molar refractivity (Wildman–Crippen MR) is 76.0 cm³/mol. The summed E-state index contributed by atoms with van der Waals surface area (Å²) in [6.45, 7) is 1.35. The van der Waals surface area contributed by atoms with E-state index in [1.165, 1.54) is 12.1 Å². The van der Waals surface area contributed by atoms with Crippen LogP contribution in [0, 0.1) is 5.41 Å². The number of hydrogen-bond donors (Lipinski definition) is 2. The number of aliphatic hydroxyl groups is 1. The molecular weight excluding hydrogens is 294 g/mol. The van der Waals surface area contributed by atoms with Crippen molar-refractivity contribution in [3.05, 3.63) is 18.2 Å². The van der Waals surface area contributed by atoms with E-state index in [-0.39, 0.29) is 16.9 Å². The summed E-state index contributed by atoms with van der Waals surface area (Å²) in [7, 11) is -3.57. The largest absolute Gasteiger partial charge is 0.486 e. The molecular formula is C14H19NO5S. The third kappa shape index (κ3) is 3.14. The van der Waals surface area contributed by atoms with Gasteiger partial charge in [-0.1, -0.05) is 0 Å². The molecule has 0 amide bonds. The molecule has 1 aromatic carbocycles. The minimum absolute atomic E-state index is 0.0599. The fraction of sp³-hybridized carbons (Fsp3) is 0.571. The van der Waals surface area contributed by atoms with Gasteiger partial charge in [0.25, 0.3) is 0 Å². The monoisotopic (exact) mass is 313 g/mol. The van der Waals surface area contributed by atoms with E-state index < -0.39 is 10.0 Å². The molecule has 2 aliphatic rings. The Morgan fingerprint density at radius 1 is 1.19 bits per heavy atom. The highest BCUT2D eigenvalue weighted by atomic mass is 32.2. The minimum Gasteiger partial charge on any atom is -0.486 e. The van der Waals surface area contributed by atoms with E-state index >= 15 is 0 Å². The zero-order valence-electron chi connectivity index (χ0n) is 11.7. The first-order chi connectivity index (χ1) is 10.0. The van der Waals surface area contributed by atoms with Crippen molar-refractivity contribution in [1.82, 2.24) is 4.72 Å². The number of ether oxygens (including phenoxy) is 2. The van der Waals surface area contributed by atoms with Crippen LogP contribution in [0.5, 0.6) is 11.5 Å².